The number of rotatable bonds is 1. The first-order valence-electron chi connectivity index (χ1n) is 7.24. The van der Waals surface area contributed by atoms with Gasteiger partial charge in [-0.2, -0.15) is 0 Å². The molecule has 1 aliphatic heterocycles. The third kappa shape index (κ3) is 1.45. The lowest BCUT2D eigenvalue weighted by molar-refractivity contribution is 0.283. The van der Waals surface area contributed by atoms with Crippen LogP contribution in [0.4, 0.5) is 0 Å². The van der Waals surface area contributed by atoms with Gasteiger partial charge in [0, 0.05) is 5.25 Å². The second-order valence-electron chi connectivity index (χ2n) is 6.19. The fourth-order valence-corrected chi connectivity index (χ4v) is 7.51. The molecule has 104 valence electrons. The lowest BCUT2D eigenvalue weighted by Crippen LogP contribution is -2.33. The maximum atomic E-state index is 11.8. The summed E-state index contributed by atoms with van der Waals surface area (Å²) in [4.78, 5) is 16.1. The fraction of sp³-hybridized carbons (Fsp3) is 0.533. The average Bonchev–Trinajstić information content (AvgIpc) is 3.19. The first kappa shape index (κ1) is 11.7. The van der Waals surface area contributed by atoms with E-state index in [4.69, 9.17) is 4.42 Å². The standard InChI is InChI=1S/C15H15NO2S2/c17-15-16-14-13(20-15)11(9-2-1-5-18-9)10-7-3-4-8(6-7)12(10)19-14/h1-2,5,7-8,10-12H,3-4,6H2,(H,16,17)/t7-,8-,10-,11-,12-/m1/s1. The normalized spacial score (nSPS) is 37.9. The lowest BCUT2D eigenvalue weighted by Gasteiger charge is -2.38. The van der Waals surface area contributed by atoms with Gasteiger partial charge in [-0.1, -0.05) is 11.3 Å². The van der Waals surface area contributed by atoms with Gasteiger partial charge in [0.25, 0.3) is 0 Å². The van der Waals surface area contributed by atoms with Gasteiger partial charge in [0.1, 0.15) is 5.76 Å². The van der Waals surface area contributed by atoms with Crippen LogP contribution in [-0.2, 0) is 0 Å². The molecule has 2 fully saturated rings. The first-order valence-corrected chi connectivity index (χ1v) is 8.94. The molecule has 20 heavy (non-hydrogen) atoms. The van der Waals surface area contributed by atoms with E-state index in [0.29, 0.717) is 17.1 Å². The number of fused-ring (bicyclic) bond motifs is 6. The summed E-state index contributed by atoms with van der Waals surface area (Å²) in [5.41, 5.74) is 0. The van der Waals surface area contributed by atoms with Gasteiger partial charge in [0.15, 0.2) is 0 Å². The van der Waals surface area contributed by atoms with Crippen LogP contribution in [0.1, 0.15) is 35.8 Å². The molecule has 3 heterocycles. The number of hydrogen-bond donors (Lipinski definition) is 1. The van der Waals surface area contributed by atoms with E-state index < -0.39 is 0 Å². The van der Waals surface area contributed by atoms with E-state index in [1.165, 1.54) is 35.5 Å². The molecule has 2 aliphatic carbocycles. The van der Waals surface area contributed by atoms with Crippen LogP contribution in [-0.4, -0.2) is 10.2 Å². The monoisotopic (exact) mass is 305 g/mol. The maximum absolute atomic E-state index is 11.8. The van der Waals surface area contributed by atoms with Crippen LogP contribution in [0.2, 0.25) is 0 Å². The second kappa shape index (κ2) is 4.04. The van der Waals surface area contributed by atoms with E-state index in [1.54, 1.807) is 6.26 Å². The molecule has 2 aromatic heterocycles. The van der Waals surface area contributed by atoms with E-state index in [9.17, 15) is 4.79 Å². The zero-order chi connectivity index (χ0) is 13.3. The number of aromatic nitrogens is 1. The lowest BCUT2D eigenvalue weighted by atomic mass is 9.77. The number of furan rings is 1. The van der Waals surface area contributed by atoms with Crippen LogP contribution < -0.4 is 4.87 Å². The number of aromatic amines is 1. The zero-order valence-corrected chi connectivity index (χ0v) is 12.5. The van der Waals surface area contributed by atoms with E-state index in [1.807, 2.05) is 17.8 Å². The molecular formula is C15H15NO2S2. The summed E-state index contributed by atoms with van der Waals surface area (Å²) in [5, 5.41) is 1.77. The first-order chi connectivity index (χ1) is 9.81. The van der Waals surface area contributed by atoms with E-state index in [-0.39, 0.29) is 4.87 Å². The van der Waals surface area contributed by atoms with Crippen molar-refractivity contribution in [2.45, 2.75) is 35.5 Å². The van der Waals surface area contributed by atoms with Gasteiger partial charge in [-0.05, 0) is 49.1 Å². The average molecular weight is 305 g/mol. The van der Waals surface area contributed by atoms with Gasteiger partial charge >= 0.3 is 4.87 Å². The number of H-pyrrole nitrogens is 1. The molecule has 0 amide bonds. The van der Waals surface area contributed by atoms with Gasteiger partial charge in [-0.15, -0.1) is 11.8 Å². The van der Waals surface area contributed by atoms with Gasteiger partial charge in [-0.3, -0.25) is 4.79 Å². The molecule has 3 aliphatic rings. The number of nitrogens with one attached hydrogen (secondary N) is 1. The SMILES string of the molecule is O=c1[nH]c2c(s1)[C@H](c1ccco1)[C@H]1[C@@H]3CC[C@H](C3)[C@H]1S2. The Hall–Kier alpha value is -0.940. The molecule has 2 bridgehead atoms. The Kier molecular flexibility index (Phi) is 2.36. The highest BCUT2D eigenvalue weighted by Gasteiger charge is 2.55. The van der Waals surface area contributed by atoms with Gasteiger partial charge in [0.2, 0.25) is 0 Å². The van der Waals surface area contributed by atoms with Gasteiger partial charge in [-0.25, -0.2) is 0 Å². The Morgan fingerprint density at radius 3 is 3.05 bits per heavy atom. The molecule has 0 radical (unpaired) electrons. The minimum absolute atomic E-state index is 0.0753. The third-order valence-electron chi connectivity index (χ3n) is 5.32. The van der Waals surface area contributed by atoms with Crippen molar-refractivity contribution in [2.75, 3.05) is 0 Å². The smallest absolute Gasteiger partial charge is 0.305 e. The number of thiazole rings is 1. The number of thioether (sulfide) groups is 1. The second-order valence-corrected chi connectivity index (χ2v) is 8.40. The highest BCUT2D eigenvalue weighted by atomic mass is 32.2. The highest BCUT2D eigenvalue weighted by Crippen LogP contribution is 2.63. The Balaban J connectivity index is 1.71. The third-order valence-corrected chi connectivity index (χ3v) is 7.94. The highest BCUT2D eigenvalue weighted by molar-refractivity contribution is 8.00. The molecule has 5 rings (SSSR count). The van der Waals surface area contributed by atoms with Crippen LogP contribution in [0, 0.1) is 17.8 Å². The summed E-state index contributed by atoms with van der Waals surface area (Å²) in [5.74, 6) is 3.65. The topological polar surface area (TPSA) is 46.0 Å². The van der Waals surface area contributed by atoms with Crippen molar-refractivity contribution >= 4 is 23.1 Å². The van der Waals surface area contributed by atoms with E-state index in [0.717, 1.165) is 22.6 Å². The Morgan fingerprint density at radius 2 is 2.20 bits per heavy atom. The molecule has 3 nitrogen and oxygen atoms in total. The largest absolute Gasteiger partial charge is 0.469 e. The summed E-state index contributed by atoms with van der Waals surface area (Å²) in [7, 11) is 0. The zero-order valence-electron chi connectivity index (χ0n) is 10.9. The predicted octanol–water partition coefficient (Wildman–Crippen LogP) is 3.68. The Labute approximate surface area is 124 Å². The van der Waals surface area contributed by atoms with E-state index in [2.05, 4.69) is 11.1 Å². The molecule has 0 aromatic carbocycles. The van der Waals surface area contributed by atoms with Crippen LogP contribution in [0.15, 0.2) is 32.6 Å². The summed E-state index contributed by atoms with van der Waals surface area (Å²) < 4.78 is 5.74. The predicted molar refractivity (Wildman–Crippen MR) is 79.5 cm³/mol. The molecule has 2 aromatic rings. The van der Waals surface area contributed by atoms with Crippen molar-refractivity contribution in [1.29, 1.82) is 0 Å². The van der Waals surface area contributed by atoms with Crippen LogP contribution >= 0.6 is 23.1 Å². The molecule has 0 unspecified atom stereocenters. The van der Waals surface area contributed by atoms with Gasteiger partial charge in [0.05, 0.1) is 22.1 Å². The summed E-state index contributed by atoms with van der Waals surface area (Å²) >= 11 is 3.31. The quantitative estimate of drug-likeness (QED) is 0.874. The summed E-state index contributed by atoms with van der Waals surface area (Å²) in [6.45, 7) is 0. The molecule has 1 N–H and O–H groups in total. The number of hydrogen-bond acceptors (Lipinski definition) is 4. The van der Waals surface area contributed by atoms with E-state index >= 15 is 0 Å². The molecular weight excluding hydrogens is 290 g/mol. The fourth-order valence-electron chi connectivity index (χ4n) is 4.64. The van der Waals surface area contributed by atoms with Gasteiger partial charge < -0.3 is 9.40 Å². The minimum atomic E-state index is 0.0753. The van der Waals surface area contributed by atoms with Crippen molar-refractivity contribution in [1.82, 2.24) is 4.98 Å². The Bertz CT molecular complexity index is 702. The van der Waals surface area contributed by atoms with Crippen molar-refractivity contribution in [3.05, 3.63) is 38.7 Å². The van der Waals surface area contributed by atoms with Crippen molar-refractivity contribution in [2.24, 2.45) is 17.8 Å². The molecule has 5 atom stereocenters. The molecule has 5 heteroatoms. The van der Waals surface area contributed by atoms with Crippen LogP contribution in [0.3, 0.4) is 0 Å². The minimum Gasteiger partial charge on any atom is -0.469 e. The maximum Gasteiger partial charge on any atom is 0.305 e. The van der Waals surface area contributed by atoms with Crippen LogP contribution in [0.5, 0.6) is 0 Å². The summed E-state index contributed by atoms with van der Waals surface area (Å²) in [6.07, 6.45) is 5.86. The van der Waals surface area contributed by atoms with Crippen LogP contribution in [0.25, 0.3) is 0 Å². The molecule has 2 saturated carbocycles. The van der Waals surface area contributed by atoms with Crippen molar-refractivity contribution in [3.63, 3.8) is 0 Å². The van der Waals surface area contributed by atoms with Crippen molar-refractivity contribution < 1.29 is 4.42 Å². The Morgan fingerprint density at radius 1 is 1.30 bits per heavy atom. The molecule has 0 saturated heterocycles. The molecule has 0 spiro atoms. The summed E-state index contributed by atoms with van der Waals surface area (Å²) in [6, 6.07) is 4.05. The van der Waals surface area contributed by atoms with Crippen molar-refractivity contribution in [3.8, 4) is 0 Å².